The van der Waals surface area contributed by atoms with Crippen LogP contribution >= 0.6 is 0 Å². The van der Waals surface area contributed by atoms with Crippen LogP contribution in [0, 0.1) is 5.92 Å². The molecular weight excluding hydrogens is 314 g/mol. The molecule has 136 valence electrons. The van der Waals surface area contributed by atoms with Crippen LogP contribution in [0.4, 0.5) is 0 Å². The van der Waals surface area contributed by atoms with Crippen molar-refractivity contribution in [2.75, 3.05) is 33.3 Å². The highest BCUT2D eigenvalue weighted by Crippen LogP contribution is 2.29. The minimum absolute atomic E-state index is 0.0800. The van der Waals surface area contributed by atoms with Crippen LogP contribution in [0.15, 0.2) is 24.4 Å². The summed E-state index contributed by atoms with van der Waals surface area (Å²) in [5, 5.41) is 4.11. The van der Waals surface area contributed by atoms with Gasteiger partial charge in [0, 0.05) is 30.2 Å². The van der Waals surface area contributed by atoms with Gasteiger partial charge in [-0.2, -0.15) is 0 Å². The first-order chi connectivity index (χ1) is 12.2. The number of amides is 1. The minimum atomic E-state index is 0.0800. The van der Waals surface area contributed by atoms with Crippen LogP contribution in [-0.4, -0.2) is 49.1 Å². The molecule has 1 unspecified atom stereocenters. The maximum absolute atomic E-state index is 12.4. The number of nitrogens with zero attached hydrogens (tertiary/aromatic N) is 1. The lowest BCUT2D eigenvalue weighted by atomic mass is 9.95. The molecule has 1 aliphatic heterocycles. The number of H-pyrrole nitrogens is 1. The highest BCUT2D eigenvalue weighted by molar-refractivity contribution is 5.93. The Hall–Kier alpha value is -2.01. The monoisotopic (exact) mass is 343 g/mol. The van der Waals surface area contributed by atoms with Gasteiger partial charge in [0.15, 0.2) is 0 Å². The molecule has 1 saturated heterocycles. The van der Waals surface area contributed by atoms with Crippen molar-refractivity contribution in [1.29, 1.82) is 0 Å². The van der Waals surface area contributed by atoms with Crippen molar-refractivity contribution in [3.05, 3.63) is 30.0 Å². The van der Waals surface area contributed by atoms with E-state index in [-0.39, 0.29) is 5.91 Å². The van der Waals surface area contributed by atoms with Crippen LogP contribution < -0.4 is 10.1 Å². The van der Waals surface area contributed by atoms with Gasteiger partial charge in [0.2, 0.25) is 5.91 Å². The van der Waals surface area contributed by atoms with Gasteiger partial charge in [0.05, 0.1) is 13.0 Å². The second kappa shape index (κ2) is 8.39. The van der Waals surface area contributed by atoms with Crippen molar-refractivity contribution >= 4 is 16.8 Å². The molecule has 0 bridgehead atoms. The van der Waals surface area contributed by atoms with Gasteiger partial charge in [-0.15, -0.1) is 0 Å². The molecule has 0 radical (unpaired) electrons. The topological polar surface area (TPSA) is 57.4 Å². The van der Waals surface area contributed by atoms with Crippen LogP contribution in [0.25, 0.3) is 10.9 Å². The second-order valence-electron chi connectivity index (χ2n) is 7.01. The summed E-state index contributed by atoms with van der Waals surface area (Å²) in [6, 6.07) is 5.94. The zero-order valence-electron chi connectivity index (χ0n) is 15.3. The number of aromatic nitrogens is 1. The first kappa shape index (κ1) is 17.8. The number of hydrogen-bond acceptors (Lipinski definition) is 3. The van der Waals surface area contributed by atoms with Gasteiger partial charge in [-0.25, -0.2) is 0 Å². The molecule has 0 aliphatic carbocycles. The average molecular weight is 343 g/mol. The number of carbonyl (C=O) groups excluding carboxylic acids is 1. The number of ether oxygens (including phenoxy) is 1. The van der Waals surface area contributed by atoms with E-state index in [1.165, 1.54) is 19.4 Å². The van der Waals surface area contributed by atoms with Gasteiger partial charge in [-0.3, -0.25) is 4.79 Å². The fourth-order valence-corrected chi connectivity index (χ4v) is 3.79. The van der Waals surface area contributed by atoms with Crippen LogP contribution in [0.1, 0.15) is 31.7 Å². The number of nitrogens with one attached hydrogen (secondary N) is 2. The molecule has 5 nitrogen and oxygen atoms in total. The number of carbonyl (C=O) groups is 1. The molecule has 2 heterocycles. The van der Waals surface area contributed by atoms with Crippen molar-refractivity contribution < 1.29 is 9.53 Å². The Bertz CT molecular complexity index is 710. The van der Waals surface area contributed by atoms with Gasteiger partial charge < -0.3 is 19.9 Å². The highest BCUT2D eigenvalue weighted by atomic mass is 16.5. The normalized spacial score (nSPS) is 18.4. The first-order valence-corrected chi connectivity index (χ1v) is 9.34. The number of likely N-dealkylation sites (tertiary alicyclic amines) is 1. The molecule has 2 aromatic rings. The second-order valence-corrected chi connectivity index (χ2v) is 7.01. The van der Waals surface area contributed by atoms with Gasteiger partial charge >= 0.3 is 0 Å². The SMILES string of the molecule is CCOc1cccc2[nH]cc(CC(=O)NCCC3CCCN(C)C3)c12. The Morgan fingerprint density at radius 1 is 1.44 bits per heavy atom. The third kappa shape index (κ3) is 4.54. The number of piperidine rings is 1. The molecule has 1 amide bonds. The van der Waals surface area contributed by atoms with Crippen LogP contribution in [0.5, 0.6) is 5.75 Å². The highest BCUT2D eigenvalue weighted by Gasteiger charge is 2.17. The summed E-state index contributed by atoms with van der Waals surface area (Å²) in [5.41, 5.74) is 2.01. The minimum Gasteiger partial charge on any atom is -0.493 e. The Labute approximate surface area is 149 Å². The molecule has 1 aliphatic rings. The molecule has 0 spiro atoms. The van der Waals surface area contributed by atoms with Crippen molar-refractivity contribution in [1.82, 2.24) is 15.2 Å². The molecule has 5 heteroatoms. The lowest BCUT2D eigenvalue weighted by molar-refractivity contribution is -0.120. The van der Waals surface area contributed by atoms with Gasteiger partial charge in [0.1, 0.15) is 5.75 Å². The van der Waals surface area contributed by atoms with E-state index in [0.717, 1.165) is 41.7 Å². The number of fused-ring (bicyclic) bond motifs is 1. The third-order valence-electron chi connectivity index (χ3n) is 5.00. The summed E-state index contributed by atoms with van der Waals surface area (Å²) in [6.07, 6.45) is 5.91. The lowest BCUT2D eigenvalue weighted by Gasteiger charge is -2.29. The standard InChI is InChI=1S/C20H29N3O2/c1-3-25-18-8-4-7-17-20(18)16(13-22-17)12-19(24)21-10-9-15-6-5-11-23(2)14-15/h4,7-8,13,15,22H,3,5-6,9-12,14H2,1-2H3,(H,21,24). The molecule has 1 atom stereocenters. The third-order valence-corrected chi connectivity index (χ3v) is 5.00. The zero-order valence-corrected chi connectivity index (χ0v) is 15.3. The number of benzene rings is 1. The van der Waals surface area contributed by atoms with Crippen LogP contribution in [0.2, 0.25) is 0 Å². The predicted octanol–water partition coefficient (Wildman–Crippen LogP) is 2.96. The molecule has 1 aromatic heterocycles. The lowest BCUT2D eigenvalue weighted by Crippen LogP contribution is -2.34. The van der Waals surface area contributed by atoms with Crippen molar-refractivity contribution in [2.45, 2.75) is 32.6 Å². The maximum Gasteiger partial charge on any atom is 0.224 e. The smallest absolute Gasteiger partial charge is 0.224 e. The van der Waals surface area contributed by atoms with Crippen molar-refractivity contribution in [3.8, 4) is 5.75 Å². The fourth-order valence-electron chi connectivity index (χ4n) is 3.79. The molecular formula is C20H29N3O2. The Morgan fingerprint density at radius 2 is 2.32 bits per heavy atom. The fraction of sp³-hybridized carbons (Fsp3) is 0.550. The van der Waals surface area contributed by atoms with Crippen LogP contribution in [0.3, 0.4) is 0 Å². The van der Waals surface area contributed by atoms with Crippen molar-refractivity contribution in [3.63, 3.8) is 0 Å². The maximum atomic E-state index is 12.4. The van der Waals surface area contributed by atoms with E-state index in [1.807, 2.05) is 31.3 Å². The van der Waals surface area contributed by atoms with Gasteiger partial charge in [-0.05, 0) is 63.4 Å². The molecule has 25 heavy (non-hydrogen) atoms. The summed E-state index contributed by atoms with van der Waals surface area (Å²) in [5.74, 6) is 1.63. The average Bonchev–Trinajstić information content (AvgIpc) is 2.99. The summed E-state index contributed by atoms with van der Waals surface area (Å²) in [4.78, 5) is 18.0. The van der Waals surface area contributed by atoms with E-state index in [9.17, 15) is 4.79 Å². The van der Waals surface area contributed by atoms with E-state index in [4.69, 9.17) is 4.74 Å². The number of aromatic amines is 1. The van der Waals surface area contributed by atoms with E-state index in [0.29, 0.717) is 18.9 Å². The first-order valence-electron chi connectivity index (χ1n) is 9.34. The van der Waals surface area contributed by atoms with E-state index in [1.54, 1.807) is 0 Å². The molecule has 2 N–H and O–H groups in total. The summed E-state index contributed by atoms with van der Waals surface area (Å²) < 4.78 is 5.71. The Balaban J connectivity index is 1.55. The predicted molar refractivity (Wildman–Crippen MR) is 101 cm³/mol. The Morgan fingerprint density at radius 3 is 3.12 bits per heavy atom. The molecule has 0 saturated carbocycles. The number of hydrogen-bond donors (Lipinski definition) is 2. The largest absolute Gasteiger partial charge is 0.493 e. The van der Waals surface area contributed by atoms with E-state index in [2.05, 4.69) is 22.2 Å². The molecule has 1 aromatic carbocycles. The summed E-state index contributed by atoms with van der Waals surface area (Å²) >= 11 is 0. The van der Waals surface area contributed by atoms with Gasteiger partial charge in [0.25, 0.3) is 0 Å². The van der Waals surface area contributed by atoms with E-state index >= 15 is 0 Å². The molecule has 1 fully saturated rings. The molecule has 3 rings (SSSR count). The quantitative estimate of drug-likeness (QED) is 0.813. The summed E-state index contributed by atoms with van der Waals surface area (Å²) in [6.45, 7) is 5.70. The van der Waals surface area contributed by atoms with Gasteiger partial charge in [-0.1, -0.05) is 6.07 Å². The Kier molecular flexibility index (Phi) is 5.97. The van der Waals surface area contributed by atoms with Crippen LogP contribution in [-0.2, 0) is 11.2 Å². The summed E-state index contributed by atoms with van der Waals surface area (Å²) in [7, 11) is 2.18. The van der Waals surface area contributed by atoms with E-state index < -0.39 is 0 Å². The number of rotatable bonds is 7. The van der Waals surface area contributed by atoms with Crippen molar-refractivity contribution in [2.24, 2.45) is 5.92 Å². The zero-order chi connectivity index (χ0) is 17.6.